The zero-order valence-electron chi connectivity index (χ0n) is 15.7. The molecule has 0 spiro atoms. The van der Waals surface area contributed by atoms with Crippen molar-refractivity contribution in [2.45, 2.75) is 32.2 Å². The lowest BCUT2D eigenvalue weighted by atomic mass is 10.1. The summed E-state index contributed by atoms with van der Waals surface area (Å²) < 4.78 is 5.30. The van der Waals surface area contributed by atoms with E-state index in [4.69, 9.17) is 4.74 Å². The van der Waals surface area contributed by atoms with Crippen LogP contribution in [-0.2, 0) is 6.54 Å². The summed E-state index contributed by atoms with van der Waals surface area (Å²) in [6, 6.07) is 14.5. The summed E-state index contributed by atoms with van der Waals surface area (Å²) >= 11 is 0. The van der Waals surface area contributed by atoms with E-state index in [1.165, 1.54) is 12.8 Å². The maximum Gasteiger partial charge on any atom is 0.253 e. The second-order valence-corrected chi connectivity index (χ2v) is 6.78. The van der Waals surface area contributed by atoms with Crippen LogP contribution in [0.15, 0.2) is 48.5 Å². The minimum Gasteiger partial charge on any atom is -0.496 e. The predicted molar refractivity (Wildman–Crippen MR) is 105 cm³/mol. The smallest absolute Gasteiger partial charge is 0.253 e. The molecule has 2 aromatic carbocycles. The molecule has 5 nitrogen and oxygen atoms in total. The Labute approximate surface area is 160 Å². The highest BCUT2D eigenvalue weighted by Gasteiger charge is 2.17. The highest BCUT2D eigenvalue weighted by molar-refractivity contribution is 5.97. The molecular formula is C22H26N2O3. The maximum atomic E-state index is 12.6. The van der Waals surface area contributed by atoms with Gasteiger partial charge in [-0.25, -0.2) is 0 Å². The molecule has 0 unspecified atom stereocenters. The molecule has 0 bridgehead atoms. The molecule has 1 aliphatic rings. The van der Waals surface area contributed by atoms with E-state index < -0.39 is 0 Å². The number of methoxy groups -OCH3 is 1. The number of carbonyl (C=O) groups excluding carboxylic acids is 2. The number of para-hydroxylation sites is 1. The molecule has 1 aliphatic heterocycles. The first kappa shape index (κ1) is 19.0. The lowest BCUT2D eigenvalue weighted by molar-refractivity contribution is 0.0761. The summed E-state index contributed by atoms with van der Waals surface area (Å²) in [7, 11) is 1.61. The van der Waals surface area contributed by atoms with E-state index in [-0.39, 0.29) is 11.8 Å². The van der Waals surface area contributed by atoms with E-state index in [0.29, 0.717) is 17.7 Å². The van der Waals surface area contributed by atoms with Crippen LogP contribution < -0.4 is 10.1 Å². The Balaban J connectivity index is 1.60. The number of nitrogens with zero attached hydrogens (tertiary/aromatic N) is 1. The van der Waals surface area contributed by atoms with Gasteiger partial charge in [-0.3, -0.25) is 9.59 Å². The first-order valence-corrected chi connectivity index (χ1v) is 9.48. The monoisotopic (exact) mass is 366 g/mol. The molecule has 1 saturated heterocycles. The molecule has 1 heterocycles. The van der Waals surface area contributed by atoms with E-state index in [1.54, 1.807) is 31.4 Å². The van der Waals surface area contributed by atoms with Crippen LogP contribution in [0, 0.1) is 0 Å². The largest absolute Gasteiger partial charge is 0.496 e. The number of rotatable bonds is 5. The Morgan fingerprint density at radius 3 is 2.22 bits per heavy atom. The van der Waals surface area contributed by atoms with E-state index in [1.807, 2.05) is 29.2 Å². The van der Waals surface area contributed by atoms with Gasteiger partial charge in [-0.05, 0) is 43.2 Å². The average Bonchev–Trinajstić information content (AvgIpc) is 3.01. The van der Waals surface area contributed by atoms with Crippen LogP contribution >= 0.6 is 0 Å². The SMILES string of the molecule is COc1ccccc1CNC(=O)c1ccc(C(=O)N2CCCCCC2)cc1. The second kappa shape index (κ2) is 9.21. The van der Waals surface area contributed by atoms with Gasteiger partial charge in [0.05, 0.1) is 7.11 Å². The minimum absolute atomic E-state index is 0.0536. The Morgan fingerprint density at radius 1 is 0.926 bits per heavy atom. The number of benzene rings is 2. The molecule has 0 radical (unpaired) electrons. The number of amides is 2. The van der Waals surface area contributed by atoms with E-state index >= 15 is 0 Å². The fraction of sp³-hybridized carbons (Fsp3) is 0.364. The number of hydrogen-bond acceptors (Lipinski definition) is 3. The molecular weight excluding hydrogens is 340 g/mol. The summed E-state index contributed by atoms with van der Waals surface area (Å²) in [4.78, 5) is 26.9. The van der Waals surface area contributed by atoms with Crippen LogP contribution in [0.4, 0.5) is 0 Å². The van der Waals surface area contributed by atoms with Gasteiger partial charge >= 0.3 is 0 Å². The summed E-state index contributed by atoms with van der Waals surface area (Å²) in [5.41, 5.74) is 2.09. The number of nitrogens with one attached hydrogen (secondary N) is 1. The molecule has 0 saturated carbocycles. The third-order valence-electron chi connectivity index (χ3n) is 4.92. The van der Waals surface area contributed by atoms with Crippen molar-refractivity contribution in [3.63, 3.8) is 0 Å². The van der Waals surface area contributed by atoms with E-state index in [0.717, 1.165) is 37.2 Å². The molecule has 0 aromatic heterocycles. The highest BCUT2D eigenvalue weighted by Crippen LogP contribution is 2.17. The van der Waals surface area contributed by atoms with Crippen molar-refractivity contribution in [2.75, 3.05) is 20.2 Å². The van der Waals surface area contributed by atoms with Gasteiger partial charge in [0, 0.05) is 36.3 Å². The quantitative estimate of drug-likeness (QED) is 0.879. The standard InChI is InChI=1S/C22H26N2O3/c1-27-20-9-5-4-8-19(20)16-23-21(25)17-10-12-18(13-11-17)22(26)24-14-6-2-3-7-15-24/h4-5,8-13H,2-3,6-7,14-16H2,1H3,(H,23,25). The van der Waals surface area contributed by atoms with Crippen molar-refractivity contribution < 1.29 is 14.3 Å². The lowest BCUT2D eigenvalue weighted by Crippen LogP contribution is -2.31. The Morgan fingerprint density at radius 2 is 1.56 bits per heavy atom. The summed E-state index contributed by atoms with van der Waals surface area (Å²) in [6.45, 7) is 2.03. The van der Waals surface area contributed by atoms with Crippen LogP contribution in [0.1, 0.15) is 52.0 Å². The summed E-state index contributed by atoms with van der Waals surface area (Å²) in [5.74, 6) is 0.628. The van der Waals surface area contributed by atoms with Crippen LogP contribution in [0.5, 0.6) is 5.75 Å². The molecule has 2 aromatic rings. The maximum absolute atomic E-state index is 12.6. The molecule has 1 fully saturated rings. The summed E-state index contributed by atoms with van der Waals surface area (Å²) in [5, 5.41) is 2.90. The summed E-state index contributed by atoms with van der Waals surface area (Å²) in [6.07, 6.45) is 4.51. The minimum atomic E-state index is -0.172. The number of carbonyl (C=O) groups is 2. The number of likely N-dealkylation sites (tertiary alicyclic amines) is 1. The normalized spacial score (nSPS) is 14.3. The highest BCUT2D eigenvalue weighted by atomic mass is 16.5. The molecule has 1 N–H and O–H groups in total. The van der Waals surface area contributed by atoms with Crippen molar-refractivity contribution in [3.05, 3.63) is 65.2 Å². The Hall–Kier alpha value is -2.82. The zero-order chi connectivity index (χ0) is 19.1. The fourth-order valence-corrected chi connectivity index (χ4v) is 3.35. The van der Waals surface area contributed by atoms with Gasteiger partial charge in [0.1, 0.15) is 5.75 Å². The molecule has 5 heteroatoms. The van der Waals surface area contributed by atoms with Gasteiger partial charge in [-0.1, -0.05) is 31.0 Å². The number of hydrogen-bond donors (Lipinski definition) is 1. The van der Waals surface area contributed by atoms with Crippen LogP contribution in [0.2, 0.25) is 0 Å². The van der Waals surface area contributed by atoms with Gasteiger partial charge in [-0.15, -0.1) is 0 Å². The molecule has 0 atom stereocenters. The van der Waals surface area contributed by atoms with Crippen molar-refractivity contribution >= 4 is 11.8 Å². The zero-order valence-corrected chi connectivity index (χ0v) is 15.7. The fourth-order valence-electron chi connectivity index (χ4n) is 3.35. The first-order valence-electron chi connectivity index (χ1n) is 9.48. The van der Waals surface area contributed by atoms with Crippen molar-refractivity contribution in [3.8, 4) is 5.75 Å². The average molecular weight is 366 g/mol. The van der Waals surface area contributed by atoms with E-state index in [9.17, 15) is 9.59 Å². The van der Waals surface area contributed by atoms with Crippen LogP contribution in [-0.4, -0.2) is 36.9 Å². The molecule has 142 valence electrons. The van der Waals surface area contributed by atoms with Crippen molar-refractivity contribution in [2.24, 2.45) is 0 Å². The van der Waals surface area contributed by atoms with Gasteiger partial charge in [0.25, 0.3) is 11.8 Å². The van der Waals surface area contributed by atoms with Crippen molar-refractivity contribution in [1.29, 1.82) is 0 Å². The third-order valence-corrected chi connectivity index (χ3v) is 4.92. The van der Waals surface area contributed by atoms with Gasteiger partial charge < -0.3 is 15.0 Å². The van der Waals surface area contributed by atoms with E-state index in [2.05, 4.69) is 5.32 Å². The first-order chi connectivity index (χ1) is 13.2. The Bertz CT molecular complexity index is 778. The van der Waals surface area contributed by atoms with Gasteiger partial charge in [0.2, 0.25) is 0 Å². The Kier molecular flexibility index (Phi) is 6.47. The van der Waals surface area contributed by atoms with Crippen LogP contribution in [0.25, 0.3) is 0 Å². The molecule has 2 amide bonds. The lowest BCUT2D eigenvalue weighted by Gasteiger charge is -2.20. The molecule has 3 rings (SSSR count). The predicted octanol–water partition coefficient (Wildman–Crippen LogP) is 3.64. The van der Waals surface area contributed by atoms with Crippen LogP contribution in [0.3, 0.4) is 0 Å². The van der Waals surface area contributed by atoms with Crippen molar-refractivity contribution in [1.82, 2.24) is 10.2 Å². The van der Waals surface area contributed by atoms with Gasteiger partial charge in [-0.2, -0.15) is 0 Å². The second-order valence-electron chi connectivity index (χ2n) is 6.78. The number of ether oxygens (including phenoxy) is 1. The topological polar surface area (TPSA) is 58.6 Å². The van der Waals surface area contributed by atoms with Gasteiger partial charge in [0.15, 0.2) is 0 Å². The third kappa shape index (κ3) is 4.88. The molecule has 27 heavy (non-hydrogen) atoms. The molecule has 0 aliphatic carbocycles.